The highest BCUT2D eigenvalue weighted by Crippen LogP contribution is 2.12. The van der Waals surface area contributed by atoms with Crippen LogP contribution < -0.4 is 11.0 Å². The van der Waals surface area contributed by atoms with E-state index in [2.05, 4.69) is 20.5 Å². The van der Waals surface area contributed by atoms with Gasteiger partial charge < -0.3 is 20.3 Å². The number of halogens is 1. The van der Waals surface area contributed by atoms with Gasteiger partial charge in [0.1, 0.15) is 23.7 Å². The lowest BCUT2D eigenvalue weighted by Crippen LogP contribution is -2.40. The van der Waals surface area contributed by atoms with Crippen LogP contribution in [0.3, 0.4) is 0 Å². The van der Waals surface area contributed by atoms with E-state index in [4.69, 9.17) is 5.11 Å². The summed E-state index contributed by atoms with van der Waals surface area (Å²) >= 11 is 0. The Morgan fingerprint density at radius 2 is 2.00 bits per heavy atom. The van der Waals surface area contributed by atoms with Crippen molar-refractivity contribution in [1.29, 1.82) is 0 Å². The van der Waals surface area contributed by atoms with Crippen LogP contribution in [0.15, 0.2) is 58.4 Å². The van der Waals surface area contributed by atoms with Crippen molar-refractivity contribution in [2.75, 3.05) is 12.0 Å². The maximum Gasteiger partial charge on any atom is 0.276 e. The highest BCUT2D eigenvalue weighted by molar-refractivity contribution is 6.03. The van der Waals surface area contributed by atoms with Crippen LogP contribution in [-0.4, -0.2) is 49.8 Å². The van der Waals surface area contributed by atoms with Gasteiger partial charge in [-0.05, 0) is 30.3 Å². The number of benzene rings is 2. The predicted octanol–water partition coefficient (Wildman–Crippen LogP) is 0.592. The van der Waals surface area contributed by atoms with E-state index < -0.39 is 30.2 Å². The Labute approximate surface area is 152 Å². The lowest BCUT2D eigenvalue weighted by Gasteiger charge is -2.17. The number of para-hydroxylation sites is 2. The molecule has 8 nitrogen and oxygen atoms in total. The number of aromatic nitrogens is 2. The molecule has 1 heterocycles. The maximum absolute atomic E-state index is 13.3. The van der Waals surface area contributed by atoms with Gasteiger partial charge in [0, 0.05) is 0 Å². The van der Waals surface area contributed by atoms with Crippen molar-refractivity contribution in [2.24, 2.45) is 5.10 Å². The molecule has 27 heavy (non-hydrogen) atoms. The number of hydrogen-bond donors (Lipinski definition) is 5. The summed E-state index contributed by atoms with van der Waals surface area (Å²) in [5.41, 5.74) is 2.53. The fourth-order valence-electron chi connectivity index (χ4n) is 2.43. The average molecular weight is 372 g/mol. The Bertz CT molecular complexity index is 1040. The molecule has 0 aliphatic heterocycles. The number of aliphatic hydroxyl groups is 3. The van der Waals surface area contributed by atoms with Crippen molar-refractivity contribution in [2.45, 2.75) is 12.2 Å². The van der Waals surface area contributed by atoms with Crippen molar-refractivity contribution in [3.63, 3.8) is 0 Å². The molecule has 0 radical (unpaired) electrons. The molecule has 2 unspecified atom stereocenters. The van der Waals surface area contributed by atoms with E-state index in [1.165, 1.54) is 18.2 Å². The van der Waals surface area contributed by atoms with Gasteiger partial charge in [-0.25, -0.2) is 9.37 Å². The van der Waals surface area contributed by atoms with Crippen LogP contribution in [0.5, 0.6) is 0 Å². The topological polar surface area (TPSA) is 131 Å². The van der Waals surface area contributed by atoms with Crippen molar-refractivity contribution < 1.29 is 19.7 Å². The smallest absolute Gasteiger partial charge is 0.276 e. The van der Waals surface area contributed by atoms with Gasteiger partial charge >= 0.3 is 0 Å². The third kappa shape index (κ3) is 4.17. The number of nitrogens with zero attached hydrogens (tertiary/aromatic N) is 2. The molecule has 0 bridgehead atoms. The molecule has 0 fully saturated rings. The van der Waals surface area contributed by atoms with E-state index in [0.29, 0.717) is 11.0 Å². The van der Waals surface area contributed by atoms with Gasteiger partial charge in [0.2, 0.25) is 0 Å². The fraction of sp³-hybridized carbons (Fsp3) is 0.167. The first-order valence-electron chi connectivity index (χ1n) is 8.05. The zero-order valence-electron chi connectivity index (χ0n) is 14.0. The second kappa shape index (κ2) is 8.04. The molecule has 0 aliphatic carbocycles. The first kappa shape index (κ1) is 18.6. The Morgan fingerprint density at radius 1 is 1.22 bits per heavy atom. The van der Waals surface area contributed by atoms with Gasteiger partial charge in [0.15, 0.2) is 5.69 Å². The molecule has 2 aromatic carbocycles. The van der Waals surface area contributed by atoms with Crippen molar-refractivity contribution in [1.82, 2.24) is 9.97 Å². The monoisotopic (exact) mass is 372 g/mol. The Morgan fingerprint density at radius 3 is 2.74 bits per heavy atom. The number of nitrogens with one attached hydrogen (secondary N) is 2. The zero-order valence-corrected chi connectivity index (χ0v) is 14.0. The molecule has 0 saturated heterocycles. The van der Waals surface area contributed by atoms with Crippen LogP contribution in [0, 0.1) is 5.82 Å². The SMILES string of the molecule is O=c1[nH]c2ccccc2nc1/C(=N/Nc1cccc(F)c1)C(O)C(O)CO. The Kier molecular flexibility index (Phi) is 5.55. The Balaban J connectivity index is 2.08. The molecule has 140 valence electrons. The molecule has 0 spiro atoms. The molecule has 0 aliphatic rings. The fourth-order valence-corrected chi connectivity index (χ4v) is 2.43. The van der Waals surface area contributed by atoms with Gasteiger partial charge in [-0.15, -0.1) is 0 Å². The summed E-state index contributed by atoms with van der Waals surface area (Å²) in [4.78, 5) is 19.2. The molecular formula is C18H17FN4O4. The minimum absolute atomic E-state index is 0.238. The van der Waals surface area contributed by atoms with Crippen LogP contribution in [-0.2, 0) is 0 Å². The summed E-state index contributed by atoms with van der Waals surface area (Å²) in [7, 11) is 0. The van der Waals surface area contributed by atoms with Crippen molar-refractivity contribution >= 4 is 22.4 Å². The molecule has 0 saturated carbocycles. The number of rotatable bonds is 6. The quantitative estimate of drug-likeness (QED) is 0.318. The number of fused-ring (bicyclic) bond motifs is 1. The van der Waals surface area contributed by atoms with Crippen LogP contribution in [0.2, 0.25) is 0 Å². The highest BCUT2D eigenvalue weighted by atomic mass is 19.1. The van der Waals surface area contributed by atoms with Gasteiger partial charge in [-0.2, -0.15) is 5.10 Å². The number of aliphatic hydroxyl groups excluding tert-OH is 3. The highest BCUT2D eigenvalue weighted by Gasteiger charge is 2.27. The summed E-state index contributed by atoms with van der Waals surface area (Å²) in [5.74, 6) is -0.505. The van der Waals surface area contributed by atoms with Gasteiger partial charge in [0.05, 0.1) is 23.3 Å². The second-order valence-electron chi connectivity index (χ2n) is 5.75. The normalized spacial score (nSPS) is 14.1. The van der Waals surface area contributed by atoms with Crippen LogP contribution in [0.4, 0.5) is 10.1 Å². The summed E-state index contributed by atoms with van der Waals surface area (Å²) < 4.78 is 13.3. The first-order valence-corrected chi connectivity index (χ1v) is 8.05. The van der Waals surface area contributed by atoms with E-state index >= 15 is 0 Å². The van der Waals surface area contributed by atoms with E-state index in [1.807, 2.05) is 0 Å². The number of H-pyrrole nitrogens is 1. The summed E-state index contributed by atoms with van der Waals surface area (Å²) in [6, 6.07) is 12.1. The predicted molar refractivity (Wildman–Crippen MR) is 98.0 cm³/mol. The average Bonchev–Trinajstić information content (AvgIpc) is 2.67. The minimum atomic E-state index is -1.70. The number of aromatic amines is 1. The van der Waals surface area contributed by atoms with Gasteiger partial charge in [-0.3, -0.25) is 10.2 Å². The van der Waals surface area contributed by atoms with E-state index in [9.17, 15) is 19.4 Å². The van der Waals surface area contributed by atoms with Gasteiger partial charge in [0.25, 0.3) is 5.56 Å². The van der Waals surface area contributed by atoms with E-state index in [-0.39, 0.29) is 17.1 Å². The van der Waals surface area contributed by atoms with Crippen LogP contribution >= 0.6 is 0 Å². The molecule has 3 aromatic rings. The summed E-state index contributed by atoms with van der Waals surface area (Å²) in [6.07, 6.45) is -3.29. The lowest BCUT2D eigenvalue weighted by molar-refractivity contribution is 0.0185. The van der Waals surface area contributed by atoms with Crippen LogP contribution in [0.1, 0.15) is 5.69 Å². The van der Waals surface area contributed by atoms with Gasteiger partial charge in [-0.1, -0.05) is 18.2 Å². The molecule has 0 amide bonds. The molecule has 1 aromatic heterocycles. The standard InChI is InChI=1S/C18H17FN4O4/c19-10-4-3-5-11(8-10)22-23-15(17(26)14(25)9-24)16-18(27)21-13-7-2-1-6-12(13)20-16/h1-8,14,17,22,24-26H,9H2,(H,21,27)/b23-15-. The molecule has 9 heteroatoms. The van der Waals surface area contributed by atoms with Crippen molar-refractivity contribution in [3.8, 4) is 0 Å². The largest absolute Gasteiger partial charge is 0.394 e. The number of anilines is 1. The summed E-state index contributed by atoms with van der Waals surface area (Å²) in [6.45, 7) is -0.758. The molecule has 2 atom stereocenters. The molecular weight excluding hydrogens is 355 g/mol. The second-order valence-corrected chi connectivity index (χ2v) is 5.75. The molecule has 5 N–H and O–H groups in total. The van der Waals surface area contributed by atoms with Crippen LogP contribution in [0.25, 0.3) is 11.0 Å². The molecule has 3 rings (SSSR count). The maximum atomic E-state index is 13.3. The Hall–Kier alpha value is -3.14. The summed E-state index contributed by atoms with van der Waals surface area (Å²) in [5, 5.41) is 33.2. The zero-order chi connectivity index (χ0) is 19.4. The third-order valence-corrected chi connectivity index (χ3v) is 3.80. The van der Waals surface area contributed by atoms with E-state index in [1.54, 1.807) is 24.3 Å². The van der Waals surface area contributed by atoms with Crippen molar-refractivity contribution in [3.05, 3.63) is 70.4 Å². The number of hydrazone groups is 1. The van der Waals surface area contributed by atoms with E-state index in [0.717, 1.165) is 6.07 Å². The third-order valence-electron chi connectivity index (χ3n) is 3.80. The number of hydrogen-bond acceptors (Lipinski definition) is 7. The lowest BCUT2D eigenvalue weighted by atomic mass is 10.1. The minimum Gasteiger partial charge on any atom is -0.394 e. The first-order chi connectivity index (χ1) is 13.0.